The summed E-state index contributed by atoms with van der Waals surface area (Å²) >= 11 is 3.53. The number of aliphatic hydroxyl groups is 2. The van der Waals surface area contributed by atoms with E-state index in [0.29, 0.717) is 30.2 Å². The highest BCUT2D eigenvalue weighted by Gasteiger charge is 2.76. The number of hydrogen-bond acceptors (Lipinski definition) is 7. The predicted molar refractivity (Wildman–Crippen MR) is 145 cm³/mol. The Hall–Kier alpha value is -3.24. The fourth-order valence-electron chi connectivity index (χ4n) is 6.40. The van der Waals surface area contributed by atoms with Gasteiger partial charge in [-0.05, 0) is 29.3 Å². The van der Waals surface area contributed by atoms with E-state index in [4.69, 9.17) is 9.47 Å². The van der Waals surface area contributed by atoms with Crippen LogP contribution in [0.3, 0.4) is 0 Å². The highest BCUT2D eigenvalue weighted by Crippen LogP contribution is 2.69. The van der Waals surface area contributed by atoms with Crippen LogP contribution in [-0.2, 0) is 24.8 Å². The van der Waals surface area contributed by atoms with E-state index in [0.717, 1.165) is 21.3 Å². The van der Waals surface area contributed by atoms with Crippen LogP contribution in [0.15, 0.2) is 83.7 Å². The number of ether oxygens (including phenoxy) is 2. The van der Waals surface area contributed by atoms with E-state index in [2.05, 4.69) is 31.3 Å². The molecule has 3 heterocycles. The van der Waals surface area contributed by atoms with Crippen LogP contribution >= 0.6 is 15.9 Å². The normalized spacial score (nSPS) is 27.6. The van der Waals surface area contributed by atoms with Crippen molar-refractivity contribution in [1.29, 1.82) is 0 Å². The molecule has 6 rings (SSSR count). The summed E-state index contributed by atoms with van der Waals surface area (Å²) in [5, 5.41) is 32.7. The molecular formula is C29H29BrN4O4. The Kier molecular flexibility index (Phi) is 6.26. The van der Waals surface area contributed by atoms with Gasteiger partial charge in [0.1, 0.15) is 11.5 Å². The summed E-state index contributed by atoms with van der Waals surface area (Å²) in [6, 6.07) is 19.6. The maximum absolute atomic E-state index is 12.8. The van der Waals surface area contributed by atoms with Crippen LogP contribution in [0.5, 0.6) is 11.5 Å². The lowest BCUT2D eigenvalue weighted by atomic mass is 9.70. The molecule has 0 spiro atoms. The molecule has 1 aliphatic heterocycles. The van der Waals surface area contributed by atoms with E-state index in [1.165, 1.54) is 7.11 Å². The summed E-state index contributed by atoms with van der Waals surface area (Å²) in [6.45, 7) is 0.994. The van der Waals surface area contributed by atoms with Gasteiger partial charge in [-0.3, -0.25) is 9.67 Å². The molecule has 0 unspecified atom stereocenters. The molecule has 1 saturated carbocycles. The molecule has 196 valence electrons. The van der Waals surface area contributed by atoms with E-state index in [1.54, 1.807) is 18.6 Å². The fourth-order valence-corrected chi connectivity index (χ4v) is 6.66. The van der Waals surface area contributed by atoms with E-state index in [9.17, 15) is 10.2 Å². The SMILES string of the molecule is COc1cncc2c1[C@]1(O)[C@H](O)[C@H](CNCc3ccnn3C)[C@@H](c3ccccc3)[C@]1(c1ccc(Br)cc1)O2. The molecule has 9 heteroatoms. The number of fused-ring (bicyclic) bond motifs is 3. The summed E-state index contributed by atoms with van der Waals surface area (Å²) < 4.78 is 15.2. The van der Waals surface area contributed by atoms with Gasteiger partial charge < -0.3 is 25.0 Å². The maximum Gasteiger partial charge on any atom is 0.177 e. The third-order valence-corrected chi connectivity index (χ3v) is 8.58. The number of aryl methyl sites for hydroxylation is 1. The lowest BCUT2D eigenvalue weighted by molar-refractivity contribution is -0.152. The van der Waals surface area contributed by atoms with Gasteiger partial charge in [-0.25, -0.2) is 0 Å². The van der Waals surface area contributed by atoms with Crippen LogP contribution in [0.2, 0.25) is 0 Å². The molecule has 0 bridgehead atoms. The predicted octanol–water partition coefficient (Wildman–Crippen LogP) is 3.63. The van der Waals surface area contributed by atoms with Crippen molar-refractivity contribution in [3.63, 3.8) is 0 Å². The Morgan fingerprint density at radius 3 is 2.55 bits per heavy atom. The summed E-state index contributed by atoms with van der Waals surface area (Å²) in [5.74, 6) is -0.0549. The number of methoxy groups -OCH3 is 1. The molecule has 1 fully saturated rings. The van der Waals surface area contributed by atoms with Crippen molar-refractivity contribution in [2.45, 2.75) is 29.8 Å². The average Bonchev–Trinajstić information content (AvgIpc) is 3.52. The topological polar surface area (TPSA) is 102 Å². The van der Waals surface area contributed by atoms with Crippen LogP contribution in [-0.4, -0.2) is 44.7 Å². The first-order chi connectivity index (χ1) is 18.4. The van der Waals surface area contributed by atoms with E-state index in [-0.39, 0.29) is 0 Å². The van der Waals surface area contributed by atoms with Gasteiger partial charge >= 0.3 is 0 Å². The first-order valence-electron chi connectivity index (χ1n) is 12.5. The molecule has 4 aromatic rings. The van der Waals surface area contributed by atoms with Gasteiger partial charge in [0.2, 0.25) is 0 Å². The average molecular weight is 577 g/mol. The van der Waals surface area contributed by atoms with Crippen molar-refractivity contribution in [1.82, 2.24) is 20.1 Å². The number of halogens is 1. The first kappa shape index (κ1) is 25.1. The van der Waals surface area contributed by atoms with Gasteiger partial charge in [0, 0.05) is 42.6 Å². The smallest absolute Gasteiger partial charge is 0.177 e. The highest BCUT2D eigenvalue weighted by molar-refractivity contribution is 9.10. The highest BCUT2D eigenvalue weighted by atomic mass is 79.9. The Labute approximate surface area is 229 Å². The number of hydrogen-bond donors (Lipinski definition) is 3. The molecule has 0 amide bonds. The standard InChI is InChI=1S/C29H29BrN4O4/c1-34-21(12-13-33-34)14-31-15-22-25(18-6-4-3-5-7-18)29(19-8-10-20(30)11-9-19)28(36,27(22)35)26-23(37-2)16-32-17-24(26)38-29/h3-13,16-17,22,25,27,31,35-36H,14-15H2,1-2H3/t22-,25-,27-,28+,29+/m1/s1. The van der Waals surface area contributed by atoms with E-state index in [1.807, 2.05) is 72.4 Å². The quantitative estimate of drug-likeness (QED) is 0.309. The lowest BCUT2D eigenvalue weighted by Gasteiger charge is -2.41. The van der Waals surface area contributed by atoms with Crippen LogP contribution in [0.4, 0.5) is 0 Å². The van der Waals surface area contributed by atoms with Crippen molar-refractivity contribution in [2.24, 2.45) is 13.0 Å². The lowest BCUT2D eigenvalue weighted by Crippen LogP contribution is -2.52. The van der Waals surface area contributed by atoms with Crippen molar-refractivity contribution < 1.29 is 19.7 Å². The van der Waals surface area contributed by atoms with Gasteiger partial charge in [-0.2, -0.15) is 5.10 Å². The molecule has 0 radical (unpaired) electrons. The summed E-state index contributed by atoms with van der Waals surface area (Å²) in [4.78, 5) is 4.28. The number of aromatic nitrogens is 3. The largest absolute Gasteiger partial charge is 0.495 e. The molecule has 2 aromatic heterocycles. The number of benzene rings is 2. The number of rotatable bonds is 7. The number of nitrogens with zero attached hydrogens (tertiary/aromatic N) is 3. The molecule has 0 saturated heterocycles. The Balaban J connectivity index is 1.54. The molecule has 38 heavy (non-hydrogen) atoms. The fraction of sp³-hybridized carbons (Fsp3) is 0.310. The zero-order valence-electron chi connectivity index (χ0n) is 21.1. The minimum atomic E-state index is -1.82. The van der Waals surface area contributed by atoms with Crippen molar-refractivity contribution in [3.8, 4) is 11.5 Å². The maximum atomic E-state index is 12.8. The Morgan fingerprint density at radius 2 is 1.87 bits per heavy atom. The molecular weight excluding hydrogens is 548 g/mol. The molecule has 1 aliphatic carbocycles. The zero-order chi connectivity index (χ0) is 26.5. The zero-order valence-corrected chi connectivity index (χ0v) is 22.7. The molecule has 8 nitrogen and oxygen atoms in total. The summed E-state index contributed by atoms with van der Waals surface area (Å²) in [5.41, 5.74) is -0.0124. The minimum Gasteiger partial charge on any atom is -0.495 e. The second kappa shape index (κ2) is 9.50. The number of pyridine rings is 1. The number of nitrogens with one attached hydrogen (secondary N) is 1. The van der Waals surface area contributed by atoms with Crippen LogP contribution in [0.25, 0.3) is 0 Å². The second-order valence-corrected chi connectivity index (χ2v) is 10.8. The Morgan fingerprint density at radius 1 is 1.11 bits per heavy atom. The van der Waals surface area contributed by atoms with Gasteiger partial charge in [-0.1, -0.05) is 58.4 Å². The monoisotopic (exact) mass is 576 g/mol. The molecule has 5 atom stereocenters. The van der Waals surface area contributed by atoms with E-state index >= 15 is 0 Å². The molecule has 2 aliphatic rings. The van der Waals surface area contributed by atoms with Gasteiger partial charge in [0.15, 0.2) is 11.2 Å². The van der Waals surface area contributed by atoms with Crippen molar-refractivity contribution in [3.05, 3.63) is 106 Å². The van der Waals surface area contributed by atoms with Gasteiger partial charge in [0.25, 0.3) is 0 Å². The second-order valence-electron chi connectivity index (χ2n) is 9.90. The van der Waals surface area contributed by atoms with E-state index < -0.39 is 29.1 Å². The van der Waals surface area contributed by atoms with Crippen LogP contribution in [0.1, 0.15) is 28.3 Å². The molecule has 2 aromatic carbocycles. The Bertz CT molecular complexity index is 1450. The number of aliphatic hydroxyl groups excluding tert-OH is 1. The summed E-state index contributed by atoms with van der Waals surface area (Å²) in [7, 11) is 3.43. The third-order valence-electron chi connectivity index (χ3n) is 8.05. The third kappa shape index (κ3) is 3.53. The van der Waals surface area contributed by atoms with Crippen molar-refractivity contribution >= 4 is 15.9 Å². The van der Waals surface area contributed by atoms with Gasteiger partial charge in [0.05, 0.1) is 36.9 Å². The molecule has 3 N–H and O–H groups in total. The minimum absolute atomic E-state index is 0.373. The van der Waals surface area contributed by atoms with Crippen LogP contribution < -0.4 is 14.8 Å². The summed E-state index contributed by atoms with van der Waals surface area (Å²) in [6.07, 6.45) is 3.71. The first-order valence-corrected chi connectivity index (χ1v) is 13.3. The van der Waals surface area contributed by atoms with Crippen molar-refractivity contribution in [2.75, 3.05) is 13.7 Å². The van der Waals surface area contributed by atoms with Gasteiger partial charge in [-0.15, -0.1) is 0 Å². The van der Waals surface area contributed by atoms with Crippen LogP contribution in [0, 0.1) is 5.92 Å².